The monoisotopic (exact) mass is 477 g/mol. The van der Waals surface area contributed by atoms with Gasteiger partial charge in [-0.05, 0) is 76.9 Å². The molecule has 0 aliphatic heterocycles. The summed E-state index contributed by atoms with van der Waals surface area (Å²) in [6.07, 6.45) is 2.01. The van der Waals surface area contributed by atoms with Crippen LogP contribution in [-0.2, 0) is 11.2 Å². The van der Waals surface area contributed by atoms with Crippen molar-refractivity contribution in [3.8, 4) is 5.75 Å². The summed E-state index contributed by atoms with van der Waals surface area (Å²) in [5.41, 5.74) is 2.27. The van der Waals surface area contributed by atoms with E-state index in [-0.39, 0.29) is 16.9 Å². The normalized spacial score (nSPS) is 10.2. The van der Waals surface area contributed by atoms with Crippen molar-refractivity contribution in [3.05, 3.63) is 58.1 Å². The number of anilines is 1. The minimum atomic E-state index is -0.313. The molecule has 29 heavy (non-hydrogen) atoms. The van der Waals surface area contributed by atoms with Crippen LogP contribution in [0.1, 0.15) is 35.7 Å². The highest BCUT2D eigenvalue weighted by Crippen LogP contribution is 2.26. The molecule has 0 unspecified atom stereocenters. The minimum Gasteiger partial charge on any atom is -0.492 e. The number of carbonyl (C=O) groups is 2. The van der Waals surface area contributed by atoms with E-state index < -0.39 is 0 Å². The van der Waals surface area contributed by atoms with Crippen LogP contribution in [0.25, 0.3) is 0 Å². The fourth-order valence-corrected chi connectivity index (χ4v) is 3.15. The predicted molar refractivity (Wildman–Crippen MR) is 122 cm³/mol. The molecule has 0 radical (unpaired) electrons. The minimum absolute atomic E-state index is 0.00712. The van der Waals surface area contributed by atoms with Crippen LogP contribution in [-0.4, -0.2) is 30.6 Å². The topological polar surface area (TPSA) is 79.5 Å². The van der Waals surface area contributed by atoms with Crippen molar-refractivity contribution >= 4 is 50.8 Å². The summed E-state index contributed by atoms with van der Waals surface area (Å²) in [5.74, 6) is 0.390. The number of rotatable bonds is 8. The molecule has 0 atom stereocenters. The van der Waals surface area contributed by atoms with Gasteiger partial charge in [0.2, 0.25) is 5.91 Å². The molecule has 154 valence electrons. The largest absolute Gasteiger partial charge is 0.492 e. The third-order valence-corrected chi connectivity index (χ3v) is 4.84. The molecule has 0 aliphatic rings. The van der Waals surface area contributed by atoms with E-state index in [2.05, 4.69) is 31.9 Å². The molecule has 0 fully saturated rings. The smallest absolute Gasteiger partial charge is 0.257 e. The van der Waals surface area contributed by atoms with Crippen molar-refractivity contribution in [1.82, 2.24) is 10.6 Å². The molecular formula is C21H24BrN3O3S. The molecule has 2 aromatic rings. The van der Waals surface area contributed by atoms with Crippen LogP contribution < -0.4 is 20.7 Å². The second-order valence-electron chi connectivity index (χ2n) is 6.27. The molecule has 8 heteroatoms. The van der Waals surface area contributed by atoms with E-state index in [4.69, 9.17) is 17.0 Å². The summed E-state index contributed by atoms with van der Waals surface area (Å²) in [4.78, 5) is 23.7. The van der Waals surface area contributed by atoms with E-state index >= 15 is 0 Å². The third kappa shape index (κ3) is 7.47. The first-order valence-corrected chi connectivity index (χ1v) is 10.5. The van der Waals surface area contributed by atoms with Crippen molar-refractivity contribution in [2.24, 2.45) is 0 Å². The molecule has 2 amide bonds. The number of hydrogen-bond acceptors (Lipinski definition) is 4. The number of hydrogen-bond donors (Lipinski definition) is 3. The number of benzene rings is 2. The zero-order chi connectivity index (χ0) is 21.2. The van der Waals surface area contributed by atoms with Crippen LogP contribution in [0.15, 0.2) is 46.9 Å². The van der Waals surface area contributed by atoms with Crippen molar-refractivity contribution in [2.45, 2.75) is 26.2 Å². The summed E-state index contributed by atoms with van der Waals surface area (Å²) in [7, 11) is 1.62. The molecular weight excluding hydrogens is 454 g/mol. The highest BCUT2D eigenvalue weighted by Gasteiger charge is 2.11. The van der Waals surface area contributed by atoms with Gasteiger partial charge in [-0.2, -0.15) is 0 Å². The van der Waals surface area contributed by atoms with Gasteiger partial charge in [0.15, 0.2) is 5.11 Å². The molecule has 2 rings (SSSR count). The first kappa shape index (κ1) is 22.8. The first-order chi connectivity index (χ1) is 13.9. The van der Waals surface area contributed by atoms with Gasteiger partial charge in [0.05, 0.1) is 11.1 Å². The van der Waals surface area contributed by atoms with Gasteiger partial charge in [0, 0.05) is 24.7 Å². The van der Waals surface area contributed by atoms with Crippen LogP contribution in [0.4, 0.5) is 5.69 Å². The molecule has 0 saturated carbocycles. The highest BCUT2D eigenvalue weighted by molar-refractivity contribution is 9.10. The molecule has 0 heterocycles. The predicted octanol–water partition coefficient (Wildman–Crippen LogP) is 4.04. The Kier molecular flexibility index (Phi) is 9.08. The third-order valence-electron chi connectivity index (χ3n) is 4.01. The Morgan fingerprint density at radius 1 is 1.14 bits per heavy atom. The molecule has 0 spiro atoms. The Morgan fingerprint density at radius 3 is 2.48 bits per heavy atom. The first-order valence-electron chi connectivity index (χ1n) is 9.27. The lowest BCUT2D eigenvalue weighted by Crippen LogP contribution is -2.34. The van der Waals surface area contributed by atoms with E-state index in [1.54, 1.807) is 25.2 Å². The lowest BCUT2D eigenvalue weighted by molar-refractivity contribution is -0.120. The van der Waals surface area contributed by atoms with E-state index in [0.717, 1.165) is 17.7 Å². The summed E-state index contributed by atoms with van der Waals surface area (Å²) < 4.78 is 6.30. The highest BCUT2D eigenvalue weighted by atomic mass is 79.9. The van der Waals surface area contributed by atoms with Crippen molar-refractivity contribution < 1.29 is 14.3 Å². The van der Waals surface area contributed by atoms with Gasteiger partial charge < -0.3 is 15.4 Å². The van der Waals surface area contributed by atoms with Crippen LogP contribution in [0, 0.1) is 0 Å². The maximum Gasteiger partial charge on any atom is 0.257 e. The zero-order valence-corrected chi connectivity index (χ0v) is 18.8. The number of halogens is 1. The number of amides is 2. The standard InChI is InChI=1S/C21H24BrN3O3S/c1-3-12-28-18-10-7-15(13-17(18)22)20(27)25-21(29)24-16-8-4-14(5-9-16)6-11-19(26)23-2/h4-5,7-10,13H,3,6,11-12H2,1-2H3,(H,23,26)(H2,24,25,27,29). The number of ether oxygens (including phenoxy) is 1. The Balaban J connectivity index is 1.89. The maximum absolute atomic E-state index is 12.4. The maximum atomic E-state index is 12.4. The van der Waals surface area contributed by atoms with Gasteiger partial charge in [-0.1, -0.05) is 19.1 Å². The number of aryl methyl sites for hydroxylation is 1. The van der Waals surface area contributed by atoms with Crippen LogP contribution in [0.3, 0.4) is 0 Å². The number of nitrogens with one attached hydrogen (secondary N) is 3. The Hall–Kier alpha value is -2.45. The van der Waals surface area contributed by atoms with E-state index in [0.29, 0.717) is 35.2 Å². The summed E-state index contributed by atoms with van der Waals surface area (Å²) in [5, 5.41) is 8.45. The van der Waals surface area contributed by atoms with Crippen LogP contribution in [0.2, 0.25) is 0 Å². The SMILES string of the molecule is CCCOc1ccc(C(=O)NC(=S)Nc2ccc(CCC(=O)NC)cc2)cc1Br. The van der Waals surface area contributed by atoms with Crippen LogP contribution >= 0.6 is 28.1 Å². The second-order valence-corrected chi connectivity index (χ2v) is 7.53. The second kappa shape index (κ2) is 11.5. The summed E-state index contributed by atoms with van der Waals surface area (Å²) in [6.45, 7) is 2.64. The molecule has 0 saturated heterocycles. The molecule has 0 aromatic heterocycles. The van der Waals surface area contributed by atoms with Gasteiger partial charge in [0.1, 0.15) is 5.75 Å². The van der Waals surface area contributed by atoms with Crippen molar-refractivity contribution in [2.75, 3.05) is 19.0 Å². The van der Waals surface area contributed by atoms with E-state index in [9.17, 15) is 9.59 Å². The lowest BCUT2D eigenvalue weighted by Gasteiger charge is -2.12. The van der Waals surface area contributed by atoms with E-state index in [1.165, 1.54) is 0 Å². The molecule has 3 N–H and O–H groups in total. The van der Waals surface area contributed by atoms with E-state index in [1.807, 2.05) is 31.2 Å². The lowest BCUT2D eigenvalue weighted by atomic mass is 10.1. The quantitative estimate of drug-likeness (QED) is 0.499. The number of thiocarbonyl (C=S) groups is 1. The molecule has 0 bridgehead atoms. The van der Waals surface area contributed by atoms with Crippen molar-refractivity contribution in [1.29, 1.82) is 0 Å². The fourth-order valence-electron chi connectivity index (χ4n) is 2.45. The Bertz CT molecular complexity index is 872. The van der Waals surface area contributed by atoms with Gasteiger partial charge in [-0.25, -0.2) is 0 Å². The molecule has 2 aromatic carbocycles. The van der Waals surface area contributed by atoms with Gasteiger partial charge in [-0.15, -0.1) is 0 Å². The Morgan fingerprint density at radius 2 is 1.86 bits per heavy atom. The summed E-state index contributed by atoms with van der Waals surface area (Å²) in [6, 6.07) is 12.7. The Labute approximate surface area is 184 Å². The van der Waals surface area contributed by atoms with Crippen molar-refractivity contribution in [3.63, 3.8) is 0 Å². The molecule has 6 nitrogen and oxygen atoms in total. The average Bonchev–Trinajstić information content (AvgIpc) is 2.71. The zero-order valence-electron chi connectivity index (χ0n) is 16.4. The number of carbonyl (C=O) groups excluding carboxylic acids is 2. The van der Waals surface area contributed by atoms with Gasteiger partial charge >= 0.3 is 0 Å². The summed E-state index contributed by atoms with van der Waals surface area (Å²) >= 11 is 8.65. The van der Waals surface area contributed by atoms with Gasteiger partial charge in [-0.3, -0.25) is 14.9 Å². The molecule has 0 aliphatic carbocycles. The average molecular weight is 478 g/mol. The van der Waals surface area contributed by atoms with Gasteiger partial charge in [0.25, 0.3) is 5.91 Å². The fraction of sp³-hybridized carbons (Fsp3) is 0.286. The van der Waals surface area contributed by atoms with Crippen LogP contribution in [0.5, 0.6) is 5.75 Å².